The molecular weight excluding hydrogens is 422 g/mol. The van der Waals surface area contributed by atoms with Gasteiger partial charge in [-0.25, -0.2) is 15.0 Å². The van der Waals surface area contributed by atoms with Crippen LogP contribution in [0.5, 0.6) is 6.01 Å². The van der Waals surface area contributed by atoms with E-state index in [2.05, 4.69) is 30.9 Å². The van der Waals surface area contributed by atoms with Crippen molar-refractivity contribution >= 4 is 21.8 Å². The quantitative estimate of drug-likeness (QED) is 0.607. The summed E-state index contributed by atoms with van der Waals surface area (Å²) in [5.41, 5.74) is 1.82. The number of halogens is 1. The van der Waals surface area contributed by atoms with E-state index in [9.17, 15) is 4.79 Å². The average Bonchev–Trinajstić information content (AvgIpc) is 3.23. The predicted molar refractivity (Wildman–Crippen MR) is 107 cm³/mol. The molecule has 1 amide bonds. The Bertz CT molecular complexity index is 913. The number of carbonyl (C=O) groups is 1. The summed E-state index contributed by atoms with van der Waals surface area (Å²) in [5.74, 6) is 0.0270. The molecule has 2 aromatic heterocycles. The Morgan fingerprint density at radius 1 is 1.21 bits per heavy atom. The topological polar surface area (TPSA) is 73.1 Å². The zero-order valence-corrected chi connectivity index (χ0v) is 16.8. The number of benzene rings is 1. The average molecular weight is 442 g/mol. The third-order valence-corrected chi connectivity index (χ3v) is 5.07. The number of rotatable bonds is 5. The van der Waals surface area contributed by atoms with Crippen LogP contribution in [0.4, 0.5) is 0 Å². The van der Waals surface area contributed by atoms with Crippen molar-refractivity contribution in [3.63, 3.8) is 0 Å². The molecule has 1 atom stereocenters. The van der Waals surface area contributed by atoms with Gasteiger partial charge in [0.1, 0.15) is 6.10 Å². The van der Waals surface area contributed by atoms with Crippen molar-refractivity contribution in [2.45, 2.75) is 25.5 Å². The van der Waals surface area contributed by atoms with Gasteiger partial charge < -0.3 is 14.2 Å². The normalized spacial score (nSPS) is 16.8. The first-order valence-corrected chi connectivity index (χ1v) is 9.95. The van der Waals surface area contributed by atoms with Crippen LogP contribution in [0, 0.1) is 0 Å². The van der Waals surface area contributed by atoms with Crippen LogP contribution in [0.1, 0.15) is 28.8 Å². The van der Waals surface area contributed by atoms with E-state index in [1.54, 1.807) is 24.9 Å². The number of imidazole rings is 1. The smallest absolute Gasteiger partial charge is 0.316 e. The number of nitrogens with zero attached hydrogens (tertiary/aromatic N) is 5. The molecule has 1 fully saturated rings. The molecule has 144 valence electrons. The van der Waals surface area contributed by atoms with Crippen LogP contribution in [-0.2, 0) is 6.54 Å². The monoisotopic (exact) mass is 441 g/mol. The SMILES string of the molecule is O=C(c1ccc(Cn2ccnc2)cc1)N1CCCC(Oc2ncc(Br)cn2)C1. The maximum Gasteiger partial charge on any atom is 0.316 e. The van der Waals surface area contributed by atoms with Crippen LogP contribution in [-0.4, -0.2) is 49.5 Å². The molecule has 0 radical (unpaired) electrons. The van der Waals surface area contributed by atoms with E-state index in [0.29, 0.717) is 18.1 Å². The lowest BCUT2D eigenvalue weighted by Crippen LogP contribution is -2.44. The Balaban J connectivity index is 1.37. The van der Waals surface area contributed by atoms with Gasteiger partial charge >= 0.3 is 6.01 Å². The summed E-state index contributed by atoms with van der Waals surface area (Å²) in [6, 6.07) is 8.08. The number of likely N-dealkylation sites (tertiary alicyclic amines) is 1. The number of hydrogen-bond donors (Lipinski definition) is 0. The molecule has 1 aromatic carbocycles. The zero-order valence-electron chi connectivity index (χ0n) is 15.2. The van der Waals surface area contributed by atoms with Crippen LogP contribution in [0.2, 0.25) is 0 Å². The van der Waals surface area contributed by atoms with Crippen molar-refractivity contribution in [1.29, 1.82) is 0 Å². The summed E-state index contributed by atoms with van der Waals surface area (Å²) >= 11 is 3.31. The molecule has 3 aromatic rings. The predicted octanol–water partition coefficient (Wildman–Crippen LogP) is 3.17. The molecule has 3 heterocycles. The first-order chi connectivity index (χ1) is 13.7. The Morgan fingerprint density at radius 3 is 2.71 bits per heavy atom. The van der Waals surface area contributed by atoms with Crippen LogP contribution in [0.3, 0.4) is 0 Å². The van der Waals surface area contributed by atoms with E-state index in [-0.39, 0.29) is 12.0 Å². The van der Waals surface area contributed by atoms with Crippen LogP contribution >= 0.6 is 15.9 Å². The van der Waals surface area contributed by atoms with Gasteiger partial charge in [-0.1, -0.05) is 12.1 Å². The molecule has 0 aliphatic carbocycles. The van der Waals surface area contributed by atoms with Crippen molar-refractivity contribution in [2.24, 2.45) is 0 Å². The summed E-state index contributed by atoms with van der Waals surface area (Å²) in [6.45, 7) is 2.01. The van der Waals surface area contributed by atoms with Crippen molar-refractivity contribution in [3.05, 3.63) is 71.0 Å². The van der Waals surface area contributed by atoms with E-state index >= 15 is 0 Å². The van der Waals surface area contributed by atoms with Gasteiger partial charge in [0.2, 0.25) is 0 Å². The second kappa shape index (κ2) is 8.52. The van der Waals surface area contributed by atoms with E-state index in [4.69, 9.17) is 4.74 Å². The molecule has 1 aliphatic rings. The first kappa shape index (κ1) is 18.6. The van der Waals surface area contributed by atoms with Gasteiger partial charge in [-0.15, -0.1) is 0 Å². The minimum absolute atomic E-state index is 0.0270. The third-order valence-electron chi connectivity index (χ3n) is 4.66. The summed E-state index contributed by atoms with van der Waals surface area (Å²) in [5, 5.41) is 0. The van der Waals surface area contributed by atoms with Gasteiger partial charge in [-0.05, 0) is 46.5 Å². The van der Waals surface area contributed by atoms with Gasteiger partial charge in [0.25, 0.3) is 5.91 Å². The Kier molecular flexibility index (Phi) is 5.66. The second-order valence-electron chi connectivity index (χ2n) is 6.75. The summed E-state index contributed by atoms with van der Waals surface area (Å²) in [4.78, 5) is 27.1. The van der Waals surface area contributed by atoms with Gasteiger partial charge in [0, 0.05) is 43.4 Å². The molecule has 4 rings (SSSR count). The summed E-state index contributed by atoms with van der Waals surface area (Å²) in [6.07, 6.45) is 10.4. The summed E-state index contributed by atoms with van der Waals surface area (Å²) < 4.78 is 8.66. The molecule has 1 aliphatic heterocycles. The highest BCUT2D eigenvalue weighted by atomic mass is 79.9. The molecular formula is C20H20BrN5O2. The van der Waals surface area contributed by atoms with Crippen molar-refractivity contribution in [2.75, 3.05) is 13.1 Å². The third kappa shape index (κ3) is 4.56. The van der Waals surface area contributed by atoms with Crippen molar-refractivity contribution in [1.82, 2.24) is 24.4 Å². The van der Waals surface area contributed by atoms with Gasteiger partial charge in [-0.3, -0.25) is 4.79 Å². The fourth-order valence-corrected chi connectivity index (χ4v) is 3.46. The number of ether oxygens (including phenoxy) is 1. The largest absolute Gasteiger partial charge is 0.458 e. The van der Waals surface area contributed by atoms with Gasteiger partial charge in [-0.2, -0.15) is 0 Å². The Hall–Kier alpha value is -2.74. The second-order valence-corrected chi connectivity index (χ2v) is 7.66. The molecule has 8 heteroatoms. The lowest BCUT2D eigenvalue weighted by atomic mass is 10.1. The van der Waals surface area contributed by atoms with Crippen LogP contribution in [0.25, 0.3) is 0 Å². The maximum atomic E-state index is 12.9. The first-order valence-electron chi connectivity index (χ1n) is 9.15. The molecule has 0 N–H and O–H groups in total. The molecule has 1 unspecified atom stereocenters. The highest BCUT2D eigenvalue weighted by Gasteiger charge is 2.26. The minimum atomic E-state index is -0.0978. The maximum absolute atomic E-state index is 12.9. The Morgan fingerprint density at radius 2 is 2.00 bits per heavy atom. The summed E-state index contributed by atoms with van der Waals surface area (Å²) in [7, 11) is 0. The van der Waals surface area contributed by atoms with E-state index in [0.717, 1.165) is 36.0 Å². The number of carbonyl (C=O) groups excluding carboxylic acids is 1. The van der Waals surface area contributed by atoms with Gasteiger partial charge in [0.15, 0.2) is 0 Å². The highest BCUT2D eigenvalue weighted by molar-refractivity contribution is 9.10. The molecule has 1 saturated heterocycles. The molecule has 28 heavy (non-hydrogen) atoms. The number of aromatic nitrogens is 4. The lowest BCUT2D eigenvalue weighted by Gasteiger charge is -2.32. The number of piperidine rings is 1. The molecule has 7 nitrogen and oxygen atoms in total. The van der Waals surface area contributed by atoms with Crippen LogP contribution < -0.4 is 4.74 Å². The highest BCUT2D eigenvalue weighted by Crippen LogP contribution is 2.19. The number of hydrogen-bond acceptors (Lipinski definition) is 5. The standard InChI is InChI=1S/C20H20BrN5O2/c21-17-10-23-20(24-11-17)28-18-2-1-8-26(13-18)19(27)16-5-3-15(4-6-16)12-25-9-7-22-14-25/h3-7,9-11,14,18H,1-2,8,12-13H2. The fraction of sp³-hybridized carbons (Fsp3) is 0.300. The fourth-order valence-electron chi connectivity index (χ4n) is 3.26. The molecule has 0 saturated carbocycles. The Labute approximate surface area is 171 Å². The lowest BCUT2D eigenvalue weighted by molar-refractivity contribution is 0.0515. The van der Waals surface area contributed by atoms with Crippen molar-refractivity contribution < 1.29 is 9.53 Å². The van der Waals surface area contributed by atoms with Crippen LogP contribution in [0.15, 0.2) is 59.9 Å². The van der Waals surface area contributed by atoms with E-state index < -0.39 is 0 Å². The molecule has 0 spiro atoms. The molecule has 0 bridgehead atoms. The minimum Gasteiger partial charge on any atom is -0.458 e. The number of amides is 1. The zero-order chi connectivity index (χ0) is 19.3. The van der Waals surface area contributed by atoms with E-state index in [1.165, 1.54) is 0 Å². The van der Waals surface area contributed by atoms with E-state index in [1.807, 2.05) is 39.9 Å². The van der Waals surface area contributed by atoms with Crippen molar-refractivity contribution in [3.8, 4) is 6.01 Å². The van der Waals surface area contributed by atoms with Gasteiger partial charge in [0.05, 0.1) is 17.3 Å².